The van der Waals surface area contributed by atoms with E-state index in [0.717, 1.165) is 35.0 Å². The van der Waals surface area contributed by atoms with E-state index in [1.54, 1.807) is 11.8 Å². The number of carboxylic acid groups (broad SMARTS) is 1. The molecule has 1 saturated heterocycles. The molecule has 0 aromatic heterocycles. The van der Waals surface area contributed by atoms with E-state index < -0.39 is 12.0 Å². The second-order valence-corrected chi connectivity index (χ2v) is 8.02. The van der Waals surface area contributed by atoms with Gasteiger partial charge >= 0.3 is 5.97 Å². The van der Waals surface area contributed by atoms with Gasteiger partial charge in [0.05, 0.1) is 6.04 Å². The van der Waals surface area contributed by atoms with Crippen LogP contribution in [-0.2, 0) is 4.79 Å². The molecule has 2 aromatic rings. The fourth-order valence-electron chi connectivity index (χ4n) is 3.56. The summed E-state index contributed by atoms with van der Waals surface area (Å²) in [4.78, 5) is 15.2. The highest BCUT2D eigenvalue weighted by atomic mass is 79.9. The minimum atomic E-state index is -0.725. The summed E-state index contributed by atoms with van der Waals surface area (Å²) in [5, 5.41) is 9.75. The monoisotopic (exact) mass is 419 g/mol. The SMILES string of the molecule is CSc1ccc(C(c2ccccc2Br)N2CCCCC2C(=O)O)cc1. The molecule has 5 heteroatoms. The van der Waals surface area contributed by atoms with Crippen molar-refractivity contribution in [2.45, 2.75) is 36.2 Å². The molecule has 0 amide bonds. The van der Waals surface area contributed by atoms with Gasteiger partial charge in [-0.3, -0.25) is 9.69 Å². The number of piperidine rings is 1. The molecule has 2 atom stereocenters. The number of thioether (sulfide) groups is 1. The van der Waals surface area contributed by atoms with Gasteiger partial charge in [-0.25, -0.2) is 0 Å². The molecule has 0 saturated carbocycles. The van der Waals surface area contributed by atoms with Crippen LogP contribution in [0.3, 0.4) is 0 Å². The first-order valence-corrected chi connectivity index (χ1v) is 10.5. The van der Waals surface area contributed by atoms with E-state index in [-0.39, 0.29) is 6.04 Å². The molecule has 0 radical (unpaired) electrons. The van der Waals surface area contributed by atoms with Crippen LogP contribution in [-0.4, -0.2) is 34.8 Å². The van der Waals surface area contributed by atoms with E-state index in [1.807, 2.05) is 18.2 Å². The number of carboxylic acids is 1. The Hall–Kier alpha value is -1.30. The van der Waals surface area contributed by atoms with Crippen molar-refractivity contribution in [2.75, 3.05) is 12.8 Å². The lowest BCUT2D eigenvalue weighted by molar-refractivity contribution is -0.145. The van der Waals surface area contributed by atoms with Crippen LogP contribution in [0.5, 0.6) is 0 Å². The standard InChI is InChI=1S/C20H22BrNO2S/c1-25-15-11-9-14(10-12-15)19(16-6-2-3-7-17(16)21)22-13-5-4-8-18(22)20(23)24/h2-3,6-7,9-12,18-19H,4-5,8,13H2,1H3,(H,23,24). The summed E-state index contributed by atoms with van der Waals surface area (Å²) in [6.07, 6.45) is 4.78. The average molecular weight is 420 g/mol. The molecule has 0 aliphatic carbocycles. The Bertz CT molecular complexity index is 735. The third-order valence-corrected chi connectivity index (χ3v) is 6.26. The largest absolute Gasteiger partial charge is 0.480 e. The fourth-order valence-corrected chi connectivity index (χ4v) is 4.47. The highest BCUT2D eigenvalue weighted by Crippen LogP contribution is 2.37. The number of hydrogen-bond donors (Lipinski definition) is 1. The number of rotatable bonds is 5. The zero-order valence-electron chi connectivity index (χ0n) is 14.2. The van der Waals surface area contributed by atoms with Gasteiger partial charge in [-0.2, -0.15) is 0 Å². The molecule has 1 N–H and O–H groups in total. The van der Waals surface area contributed by atoms with E-state index >= 15 is 0 Å². The molecular weight excluding hydrogens is 398 g/mol. The third-order valence-electron chi connectivity index (χ3n) is 4.79. The summed E-state index contributed by atoms with van der Waals surface area (Å²) >= 11 is 5.38. The molecule has 1 fully saturated rings. The van der Waals surface area contributed by atoms with E-state index in [1.165, 1.54) is 4.90 Å². The molecule has 0 bridgehead atoms. The lowest BCUT2D eigenvalue weighted by Gasteiger charge is -2.40. The topological polar surface area (TPSA) is 40.5 Å². The molecule has 0 spiro atoms. The molecule has 2 aromatic carbocycles. The number of likely N-dealkylation sites (tertiary alicyclic amines) is 1. The fraction of sp³-hybridized carbons (Fsp3) is 0.350. The molecule has 1 heterocycles. The Morgan fingerprint density at radius 2 is 1.92 bits per heavy atom. The highest BCUT2D eigenvalue weighted by molar-refractivity contribution is 9.10. The highest BCUT2D eigenvalue weighted by Gasteiger charge is 2.35. The van der Waals surface area contributed by atoms with Gasteiger partial charge in [-0.05, 0) is 55.0 Å². The molecule has 2 unspecified atom stereocenters. The van der Waals surface area contributed by atoms with E-state index in [0.29, 0.717) is 6.42 Å². The lowest BCUT2D eigenvalue weighted by Crippen LogP contribution is -2.46. The second-order valence-electron chi connectivity index (χ2n) is 6.28. The average Bonchev–Trinajstić information content (AvgIpc) is 2.64. The molecule has 1 aliphatic rings. The van der Waals surface area contributed by atoms with Crippen molar-refractivity contribution in [3.05, 3.63) is 64.1 Å². The van der Waals surface area contributed by atoms with Crippen molar-refractivity contribution in [2.24, 2.45) is 0 Å². The zero-order chi connectivity index (χ0) is 17.8. The van der Waals surface area contributed by atoms with Crippen LogP contribution in [0.15, 0.2) is 57.9 Å². The van der Waals surface area contributed by atoms with Crippen molar-refractivity contribution < 1.29 is 9.90 Å². The van der Waals surface area contributed by atoms with Gasteiger partial charge in [0.2, 0.25) is 0 Å². The van der Waals surface area contributed by atoms with Gasteiger partial charge in [0, 0.05) is 9.37 Å². The molecule has 132 valence electrons. The van der Waals surface area contributed by atoms with Crippen LogP contribution < -0.4 is 0 Å². The predicted octanol–water partition coefficient (Wildman–Crippen LogP) is 5.20. The molecule has 3 nitrogen and oxygen atoms in total. The van der Waals surface area contributed by atoms with Gasteiger partial charge in [0.1, 0.15) is 6.04 Å². The Balaban J connectivity index is 2.07. The van der Waals surface area contributed by atoms with E-state index in [2.05, 4.69) is 57.4 Å². The minimum absolute atomic E-state index is 0.0621. The van der Waals surface area contributed by atoms with Crippen LogP contribution in [0.4, 0.5) is 0 Å². The number of nitrogens with zero attached hydrogens (tertiary/aromatic N) is 1. The summed E-state index contributed by atoms with van der Waals surface area (Å²) in [7, 11) is 0. The lowest BCUT2D eigenvalue weighted by atomic mass is 9.92. The van der Waals surface area contributed by atoms with Crippen LogP contribution in [0, 0.1) is 0 Å². The molecule has 1 aliphatic heterocycles. The normalized spacial score (nSPS) is 19.5. The first-order valence-electron chi connectivity index (χ1n) is 8.48. The Labute approximate surface area is 161 Å². The third kappa shape index (κ3) is 4.10. The van der Waals surface area contributed by atoms with E-state index in [9.17, 15) is 9.90 Å². The maximum atomic E-state index is 11.9. The summed E-state index contributed by atoms with van der Waals surface area (Å²) in [5.74, 6) is -0.725. The van der Waals surface area contributed by atoms with Crippen molar-refractivity contribution in [3.63, 3.8) is 0 Å². The van der Waals surface area contributed by atoms with E-state index in [4.69, 9.17) is 0 Å². The van der Waals surface area contributed by atoms with Crippen LogP contribution in [0.25, 0.3) is 0 Å². The summed E-state index contributed by atoms with van der Waals surface area (Å²) < 4.78 is 1.02. The summed E-state index contributed by atoms with van der Waals surface area (Å²) in [6.45, 7) is 0.799. The van der Waals surface area contributed by atoms with Crippen molar-refractivity contribution in [1.82, 2.24) is 4.90 Å². The van der Waals surface area contributed by atoms with Gasteiger partial charge < -0.3 is 5.11 Å². The number of benzene rings is 2. The Morgan fingerprint density at radius 3 is 2.56 bits per heavy atom. The number of hydrogen-bond acceptors (Lipinski definition) is 3. The molecule has 25 heavy (non-hydrogen) atoms. The maximum absolute atomic E-state index is 11.9. The number of halogens is 1. The van der Waals surface area contributed by atoms with Crippen LogP contribution >= 0.6 is 27.7 Å². The number of carbonyl (C=O) groups is 1. The summed E-state index contributed by atoms with van der Waals surface area (Å²) in [5.41, 5.74) is 2.26. The quantitative estimate of drug-likeness (QED) is 0.675. The van der Waals surface area contributed by atoms with Crippen molar-refractivity contribution in [1.29, 1.82) is 0 Å². The van der Waals surface area contributed by atoms with Gasteiger partial charge in [-0.1, -0.05) is 52.7 Å². The van der Waals surface area contributed by atoms with Gasteiger partial charge in [0.15, 0.2) is 0 Å². The Kier molecular flexibility index (Phi) is 6.20. The van der Waals surface area contributed by atoms with Crippen molar-refractivity contribution in [3.8, 4) is 0 Å². The molecule has 3 rings (SSSR count). The second kappa shape index (κ2) is 8.39. The van der Waals surface area contributed by atoms with Gasteiger partial charge in [-0.15, -0.1) is 11.8 Å². The van der Waals surface area contributed by atoms with Crippen LogP contribution in [0.2, 0.25) is 0 Å². The first-order chi connectivity index (χ1) is 12.1. The summed E-state index contributed by atoms with van der Waals surface area (Å²) in [6, 6.07) is 16.1. The predicted molar refractivity (Wildman–Crippen MR) is 106 cm³/mol. The minimum Gasteiger partial charge on any atom is -0.480 e. The zero-order valence-corrected chi connectivity index (χ0v) is 16.6. The Morgan fingerprint density at radius 1 is 1.20 bits per heavy atom. The van der Waals surface area contributed by atoms with Crippen LogP contribution in [0.1, 0.15) is 36.4 Å². The maximum Gasteiger partial charge on any atom is 0.320 e. The molecular formula is C20H22BrNO2S. The van der Waals surface area contributed by atoms with Crippen molar-refractivity contribution >= 4 is 33.7 Å². The number of aliphatic carboxylic acids is 1. The smallest absolute Gasteiger partial charge is 0.320 e. The first kappa shape index (κ1) is 18.5. The van der Waals surface area contributed by atoms with Gasteiger partial charge in [0.25, 0.3) is 0 Å².